The topological polar surface area (TPSA) is 62.1 Å². The lowest BCUT2D eigenvalue weighted by Crippen LogP contribution is -2.35. The Hall–Kier alpha value is -2.63. The first-order valence-corrected chi connectivity index (χ1v) is 7.64. The molecule has 0 saturated heterocycles. The fourth-order valence-electron chi connectivity index (χ4n) is 2.99. The number of imidazole rings is 1. The summed E-state index contributed by atoms with van der Waals surface area (Å²) in [6.45, 7) is 1.93. The fourth-order valence-corrected chi connectivity index (χ4v) is 2.99. The van der Waals surface area contributed by atoms with Crippen LogP contribution >= 0.6 is 0 Å². The van der Waals surface area contributed by atoms with Crippen molar-refractivity contribution in [1.82, 2.24) is 14.9 Å². The van der Waals surface area contributed by atoms with E-state index in [2.05, 4.69) is 9.97 Å². The minimum absolute atomic E-state index is 0.167. The molecule has 2 aromatic heterocycles. The number of carbonyl (C=O) groups is 1. The van der Waals surface area contributed by atoms with Crippen molar-refractivity contribution in [3.05, 3.63) is 54.0 Å². The van der Waals surface area contributed by atoms with Gasteiger partial charge in [0.25, 0.3) is 5.91 Å². The highest BCUT2D eigenvalue weighted by Gasteiger charge is 2.38. The van der Waals surface area contributed by atoms with Gasteiger partial charge in [-0.25, -0.2) is 9.37 Å². The first-order chi connectivity index (χ1) is 11.1. The van der Waals surface area contributed by atoms with Gasteiger partial charge in [0.05, 0.1) is 29.7 Å². The smallest absolute Gasteiger partial charge is 0.257 e. The van der Waals surface area contributed by atoms with Gasteiger partial charge in [0, 0.05) is 6.04 Å². The molecule has 1 aliphatic carbocycles. The maximum Gasteiger partial charge on any atom is 0.257 e. The summed E-state index contributed by atoms with van der Waals surface area (Å²) in [6, 6.07) is 6.22. The number of amides is 1. The summed E-state index contributed by atoms with van der Waals surface area (Å²) >= 11 is 0. The SMILES string of the molecule is C[C@H](c1ccco1)N(C(=O)c1cc(F)cc2[nH]cnc12)C1CC1. The van der Waals surface area contributed by atoms with E-state index in [1.165, 1.54) is 18.5 Å². The Bertz CT molecular complexity index is 852. The van der Waals surface area contributed by atoms with Gasteiger partial charge in [-0.15, -0.1) is 0 Å². The molecule has 1 atom stereocenters. The van der Waals surface area contributed by atoms with E-state index in [-0.39, 0.29) is 23.6 Å². The van der Waals surface area contributed by atoms with E-state index in [1.54, 1.807) is 17.2 Å². The average Bonchev–Trinajstić information content (AvgIpc) is 3.04. The third-order valence-corrected chi connectivity index (χ3v) is 4.27. The second kappa shape index (κ2) is 5.22. The number of fused-ring (bicyclic) bond motifs is 1. The van der Waals surface area contributed by atoms with Gasteiger partial charge in [0.1, 0.15) is 17.1 Å². The van der Waals surface area contributed by atoms with Crippen molar-refractivity contribution in [2.75, 3.05) is 0 Å². The fraction of sp³-hybridized carbons (Fsp3) is 0.294. The lowest BCUT2D eigenvalue weighted by molar-refractivity contribution is 0.0654. The molecule has 2 heterocycles. The second-order valence-electron chi connectivity index (χ2n) is 5.89. The molecule has 1 fully saturated rings. The first-order valence-electron chi connectivity index (χ1n) is 7.64. The lowest BCUT2D eigenvalue weighted by Gasteiger charge is -2.28. The molecular weight excluding hydrogens is 297 g/mol. The molecule has 1 aliphatic rings. The number of rotatable bonds is 4. The van der Waals surface area contributed by atoms with E-state index in [0.29, 0.717) is 11.0 Å². The molecule has 1 saturated carbocycles. The van der Waals surface area contributed by atoms with Crippen molar-refractivity contribution >= 4 is 16.9 Å². The molecule has 23 heavy (non-hydrogen) atoms. The molecule has 1 amide bonds. The number of H-pyrrole nitrogens is 1. The Kier molecular flexibility index (Phi) is 3.18. The quantitative estimate of drug-likeness (QED) is 0.799. The van der Waals surface area contributed by atoms with E-state index in [4.69, 9.17) is 4.42 Å². The number of carbonyl (C=O) groups excluding carboxylic acids is 1. The summed E-state index contributed by atoms with van der Waals surface area (Å²) in [7, 11) is 0. The summed E-state index contributed by atoms with van der Waals surface area (Å²) in [4.78, 5) is 21.9. The molecule has 4 rings (SSSR count). The van der Waals surface area contributed by atoms with Crippen LogP contribution in [0.4, 0.5) is 4.39 Å². The Morgan fingerprint density at radius 2 is 2.30 bits per heavy atom. The molecule has 5 nitrogen and oxygen atoms in total. The lowest BCUT2D eigenvalue weighted by atomic mass is 10.1. The van der Waals surface area contributed by atoms with Gasteiger partial charge in [-0.05, 0) is 44.0 Å². The summed E-state index contributed by atoms with van der Waals surface area (Å²) in [5, 5.41) is 0. The number of nitrogens with one attached hydrogen (secondary N) is 1. The maximum absolute atomic E-state index is 13.9. The normalized spacial score (nSPS) is 15.7. The van der Waals surface area contributed by atoms with E-state index in [9.17, 15) is 9.18 Å². The van der Waals surface area contributed by atoms with Crippen LogP contribution in [-0.2, 0) is 0 Å². The zero-order valence-corrected chi connectivity index (χ0v) is 12.6. The van der Waals surface area contributed by atoms with Crippen molar-refractivity contribution in [2.24, 2.45) is 0 Å². The number of furan rings is 1. The van der Waals surface area contributed by atoms with Gasteiger partial charge in [-0.3, -0.25) is 4.79 Å². The standard InChI is InChI=1S/C17H16FN3O2/c1-10(15-3-2-6-23-15)21(12-4-5-12)17(22)13-7-11(18)8-14-16(13)20-9-19-14/h2-3,6-10,12H,4-5H2,1H3,(H,19,20)/t10-/m1/s1. The number of nitrogens with zero attached hydrogens (tertiary/aromatic N) is 2. The third kappa shape index (κ3) is 2.40. The predicted octanol–water partition coefficient (Wildman–Crippen LogP) is 3.66. The van der Waals surface area contributed by atoms with Crippen LogP contribution in [0.25, 0.3) is 11.0 Å². The van der Waals surface area contributed by atoms with Crippen molar-refractivity contribution in [1.29, 1.82) is 0 Å². The van der Waals surface area contributed by atoms with E-state index in [1.807, 2.05) is 13.0 Å². The molecule has 1 N–H and O–H groups in total. The van der Waals surface area contributed by atoms with Gasteiger partial charge < -0.3 is 14.3 Å². The third-order valence-electron chi connectivity index (χ3n) is 4.27. The van der Waals surface area contributed by atoms with Crippen molar-refractivity contribution in [3.8, 4) is 0 Å². The van der Waals surface area contributed by atoms with Crippen LogP contribution in [0.2, 0.25) is 0 Å². The van der Waals surface area contributed by atoms with Gasteiger partial charge >= 0.3 is 0 Å². The summed E-state index contributed by atoms with van der Waals surface area (Å²) in [5.74, 6) is 0.0550. The Morgan fingerprint density at radius 1 is 1.48 bits per heavy atom. The Morgan fingerprint density at radius 3 is 3.00 bits per heavy atom. The summed E-state index contributed by atoms with van der Waals surface area (Å²) in [6.07, 6.45) is 4.97. The average molecular weight is 313 g/mol. The van der Waals surface area contributed by atoms with Crippen LogP contribution in [0.15, 0.2) is 41.3 Å². The zero-order valence-electron chi connectivity index (χ0n) is 12.6. The van der Waals surface area contributed by atoms with Crippen LogP contribution in [0.1, 0.15) is 41.9 Å². The van der Waals surface area contributed by atoms with Crippen molar-refractivity contribution < 1.29 is 13.6 Å². The van der Waals surface area contributed by atoms with Crippen molar-refractivity contribution in [2.45, 2.75) is 31.8 Å². The zero-order chi connectivity index (χ0) is 16.0. The molecule has 118 valence electrons. The number of hydrogen-bond donors (Lipinski definition) is 1. The van der Waals surface area contributed by atoms with Crippen LogP contribution in [0.3, 0.4) is 0 Å². The molecule has 0 bridgehead atoms. The van der Waals surface area contributed by atoms with Gasteiger partial charge in [0.2, 0.25) is 0 Å². The number of aromatic amines is 1. The van der Waals surface area contributed by atoms with Crippen LogP contribution < -0.4 is 0 Å². The summed E-state index contributed by atoms with van der Waals surface area (Å²) < 4.78 is 19.3. The van der Waals surface area contributed by atoms with Crippen LogP contribution in [0, 0.1) is 5.82 Å². The molecule has 3 aromatic rings. The van der Waals surface area contributed by atoms with Gasteiger partial charge in [0.15, 0.2) is 0 Å². The molecular formula is C17H16FN3O2. The largest absolute Gasteiger partial charge is 0.467 e. The van der Waals surface area contributed by atoms with Crippen LogP contribution in [0.5, 0.6) is 0 Å². The molecule has 0 radical (unpaired) electrons. The first kappa shape index (κ1) is 14.0. The molecule has 0 spiro atoms. The van der Waals surface area contributed by atoms with E-state index >= 15 is 0 Å². The minimum Gasteiger partial charge on any atom is -0.467 e. The molecule has 0 unspecified atom stereocenters. The Balaban J connectivity index is 1.76. The predicted molar refractivity (Wildman–Crippen MR) is 82.4 cm³/mol. The maximum atomic E-state index is 13.9. The highest BCUT2D eigenvalue weighted by atomic mass is 19.1. The monoisotopic (exact) mass is 313 g/mol. The van der Waals surface area contributed by atoms with Gasteiger partial charge in [-0.2, -0.15) is 0 Å². The number of halogens is 1. The van der Waals surface area contributed by atoms with Gasteiger partial charge in [-0.1, -0.05) is 0 Å². The molecule has 6 heteroatoms. The second-order valence-corrected chi connectivity index (χ2v) is 5.89. The summed E-state index contributed by atoms with van der Waals surface area (Å²) in [5.41, 5.74) is 1.30. The van der Waals surface area contributed by atoms with Crippen LogP contribution in [-0.4, -0.2) is 26.8 Å². The minimum atomic E-state index is -0.452. The molecule has 1 aromatic carbocycles. The Labute approximate surface area is 132 Å². The molecule has 0 aliphatic heterocycles. The highest BCUT2D eigenvalue weighted by Crippen LogP contribution is 2.36. The van der Waals surface area contributed by atoms with E-state index < -0.39 is 5.82 Å². The highest BCUT2D eigenvalue weighted by molar-refractivity contribution is 6.05. The number of hydrogen-bond acceptors (Lipinski definition) is 3. The van der Waals surface area contributed by atoms with E-state index in [0.717, 1.165) is 18.6 Å². The van der Waals surface area contributed by atoms with Crippen molar-refractivity contribution in [3.63, 3.8) is 0 Å². The number of benzene rings is 1. The number of aromatic nitrogens is 2.